The summed E-state index contributed by atoms with van der Waals surface area (Å²) in [6.07, 6.45) is 6.82. The second-order valence-corrected chi connectivity index (χ2v) is 12.0. The van der Waals surface area contributed by atoms with Gasteiger partial charge in [0.2, 0.25) is 0 Å². The molecule has 0 aliphatic carbocycles. The highest BCUT2D eigenvalue weighted by Gasteiger charge is 2.44. The number of pyridine rings is 2. The van der Waals surface area contributed by atoms with Gasteiger partial charge in [0.05, 0.1) is 5.69 Å². The summed E-state index contributed by atoms with van der Waals surface area (Å²) in [7, 11) is 0. The molecule has 3 saturated heterocycles. The van der Waals surface area contributed by atoms with Gasteiger partial charge in [-0.1, -0.05) is 6.07 Å². The number of aromatic amines is 1. The second kappa shape index (κ2) is 10.5. The maximum atomic E-state index is 10.2. The highest BCUT2D eigenvalue weighted by atomic mass is 16.3. The maximum absolute atomic E-state index is 10.2. The second-order valence-electron chi connectivity index (χ2n) is 12.0. The minimum atomic E-state index is -0.983. The number of hydrogen-bond donors (Lipinski definition) is 3. The number of aromatic nitrogens is 8. The molecule has 2 unspecified atom stereocenters. The fraction of sp³-hybridized carbons (Fsp3) is 0.355. The number of aryl methyl sites for hydroxylation is 2. The van der Waals surface area contributed by atoms with Crippen LogP contribution in [0.15, 0.2) is 61.1 Å². The third-order valence-corrected chi connectivity index (χ3v) is 8.12. The monoisotopic (exact) mass is 577 g/mol. The molecule has 220 valence electrons. The van der Waals surface area contributed by atoms with Gasteiger partial charge in [-0.3, -0.25) is 10.00 Å². The predicted molar refractivity (Wildman–Crippen MR) is 163 cm³/mol. The molecule has 0 amide bonds. The molecule has 0 spiro atoms. The molecule has 0 radical (unpaired) electrons. The maximum Gasteiger partial charge on any atom is 0.163 e. The van der Waals surface area contributed by atoms with Crippen LogP contribution < -0.4 is 10.2 Å². The van der Waals surface area contributed by atoms with Crippen molar-refractivity contribution in [1.82, 2.24) is 44.8 Å². The van der Waals surface area contributed by atoms with Crippen LogP contribution in [0.2, 0.25) is 0 Å². The Labute approximate surface area is 249 Å². The van der Waals surface area contributed by atoms with Gasteiger partial charge in [0.1, 0.15) is 17.2 Å². The highest BCUT2D eigenvalue weighted by molar-refractivity contribution is 5.61. The summed E-state index contributed by atoms with van der Waals surface area (Å²) < 4.78 is 1.70. The van der Waals surface area contributed by atoms with Crippen molar-refractivity contribution in [2.45, 2.75) is 58.3 Å². The van der Waals surface area contributed by atoms with Crippen molar-refractivity contribution in [2.24, 2.45) is 0 Å². The first-order valence-electron chi connectivity index (χ1n) is 14.5. The molecule has 3 aliphatic rings. The van der Waals surface area contributed by atoms with Gasteiger partial charge < -0.3 is 15.3 Å². The Hall–Kier alpha value is -4.68. The number of piperazine rings is 1. The molecule has 8 rings (SSSR count). The first-order valence-corrected chi connectivity index (χ1v) is 14.5. The summed E-state index contributed by atoms with van der Waals surface area (Å²) >= 11 is 0. The number of nitrogens with zero attached hydrogens (tertiary/aromatic N) is 9. The average molecular weight is 578 g/mol. The molecule has 3 fully saturated rings. The normalized spacial score (nSPS) is 18.5. The van der Waals surface area contributed by atoms with Crippen LogP contribution in [0.25, 0.3) is 17.2 Å². The minimum Gasteiger partial charge on any atom is -0.384 e. The number of rotatable bonds is 8. The number of anilines is 3. The Morgan fingerprint density at radius 3 is 2.40 bits per heavy atom. The smallest absolute Gasteiger partial charge is 0.163 e. The van der Waals surface area contributed by atoms with Gasteiger partial charge in [-0.25, -0.2) is 24.6 Å². The van der Waals surface area contributed by atoms with E-state index in [-0.39, 0.29) is 0 Å². The van der Waals surface area contributed by atoms with Gasteiger partial charge in [0.15, 0.2) is 17.5 Å². The number of fused-ring (bicyclic) bond motifs is 2. The lowest BCUT2D eigenvalue weighted by atomic mass is 9.87. The minimum absolute atomic E-state index is 0.486. The average Bonchev–Trinajstić information content (AvgIpc) is 3.66. The van der Waals surface area contributed by atoms with Crippen molar-refractivity contribution in [3.8, 4) is 17.2 Å². The summed E-state index contributed by atoms with van der Waals surface area (Å²) in [6.45, 7) is 10.1. The molecule has 12 heteroatoms. The van der Waals surface area contributed by atoms with E-state index in [0.29, 0.717) is 29.4 Å². The van der Waals surface area contributed by atoms with Gasteiger partial charge >= 0.3 is 0 Å². The van der Waals surface area contributed by atoms with E-state index in [0.717, 1.165) is 54.0 Å². The molecule has 12 nitrogen and oxygen atoms in total. The molecule has 5 aromatic heterocycles. The number of H-pyrrole nitrogens is 1. The fourth-order valence-corrected chi connectivity index (χ4v) is 5.85. The van der Waals surface area contributed by atoms with Crippen molar-refractivity contribution < 1.29 is 5.11 Å². The standard InChI is InChI=1S/C31H35N11O/c1-19-11-26(35-27-12-20(2)37-38-27)36-30(34-19)22-6-8-28(33-15-22)40-17-23-13-24(18-40)41(23)16-21-5-7-29(32-14-21)42-10-9-25(39-42)31(3,4)43/h5-12,14-15,23-24,43H,13,16-18H2,1-4H3,(H2,34,35,36,37,38). The molecule has 0 saturated carbocycles. The molecular weight excluding hydrogens is 542 g/mol. The van der Waals surface area contributed by atoms with Gasteiger partial charge in [-0.05, 0) is 63.9 Å². The fourth-order valence-electron chi connectivity index (χ4n) is 5.85. The van der Waals surface area contributed by atoms with Crippen LogP contribution in [-0.2, 0) is 12.1 Å². The summed E-state index contributed by atoms with van der Waals surface area (Å²) in [4.78, 5) is 23.7. The first kappa shape index (κ1) is 27.2. The van der Waals surface area contributed by atoms with Gasteiger partial charge in [0.25, 0.3) is 0 Å². The summed E-state index contributed by atoms with van der Waals surface area (Å²) in [6, 6.07) is 14.8. The van der Waals surface area contributed by atoms with Crippen molar-refractivity contribution >= 4 is 17.5 Å². The molecule has 8 heterocycles. The van der Waals surface area contributed by atoms with E-state index < -0.39 is 5.60 Å². The third-order valence-electron chi connectivity index (χ3n) is 8.12. The first-order chi connectivity index (χ1) is 20.7. The number of piperidine rings is 1. The van der Waals surface area contributed by atoms with E-state index in [2.05, 4.69) is 58.6 Å². The lowest BCUT2D eigenvalue weighted by Crippen LogP contribution is -2.68. The Balaban J connectivity index is 0.975. The molecule has 0 aromatic carbocycles. The highest BCUT2D eigenvalue weighted by Crippen LogP contribution is 2.35. The Morgan fingerprint density at radius 2 is 1.74 bits per heavy atom. The van der Waals surface area contributed by atoms with E-state index in [4.69, 9.17) is 9.97 Å². The number of nitrogens with one attached hydrogen (secondary N) is 2. The van der Waals surface area contributed by atoms with Gasteiger partial charge in [-0.2, -0.15) is 10.2 Å². The molecular formula is C31H35N11O. The summed E-state index contributed by atoms with van der Waals surface area (Å²) in [5, 5.41) is 25.1. The zero-order chi connectivity index (χ0) is 29.7. The van der Waals surface area contributed by atoms with Crippen molar-refractivity contribution in [1.29, 1.82) is 0 Å². The van der Waals surface area contributed by atoms with Crippen LogP contribution in [0.4, 0.5) is 17.5 Å². The molecule has 3 aliphatic heterocycles. The van der Waals surface area contributed by atoms with Crippen LogP contribution >= 0.6 is 0 Å². The van der Waals surface area contributed by atoms with Crippen LogP contribution in [-0.4, -0.2) is 75.1 Å². The molecule has 2 atom stereocenters. The van der Waals surface area contributed by atoms with Crippen LogP contribution in [0.1, 0.15) is 42.9 Å². The van der Waals surface area contributed by atoms with E-state index in [1.54, 1.807) is 18.5 Å². The molecule has 43 heavy (non-hydrogen) atoms. The SMILES string of the molecule is Cc1cc(Nc2cc(C)[nH]n2)nc(-c2ccc(N3CC4CC(C3)N4Cc3ccc(-n4ccc(C(C)(C)O)n4)nc3)nc2)n1. The quantitative estimate of drug-likeness (QED) is 0.249. The predicted octanol–water partition coefficient (Wildman–Crippen LogP) is 3.89. The van der Waals surface area contributed by atoms with Crippen LogP contribution in [0.5, 0.6) is 0 Å². The van der Waals surface area contributed by atoms with Crippen LogP contribution in [0, 0.1) is 13.8 Å². The number of hydrogen-bond acceptors (Lipinski definition) is 10. The largest absolute Gasteiger partial charge is 0.384 e. The van der Waals surface area contributed by atoms with E-state index in [1.807, 2.05) is 56.7 Å². The van der Waals surface area contributed by atoms with Crippen molar-refractivity contribution in [3.05, 3.63) is 83.7 Å². The molecule has 3 N–H and O–H groups in total. The van der Waals surface area contributed by atoms with E-state index >= 15 is 0 Å². The Kier molecular flexibility index (Phi) is 6.66. The van der Waals surface area contributed by atoms with E-state index in [9.17, 15) is 5.11 Å². The zero-order valence-electron chi connectivity index (χ0n) is 24.7. The van der Waals surface area contributed by atoms with E-state index in [1.165, 1.54) is 12.0 Å². The van der Waals surface area contributed by atoms with Crippen LogP contribution in [0.3, 0.4) is 0 Å². The van der Waals surface area contributed by atoms with Crippen molar-refractivity contribution in [2.75, 3.05) is 23.3 Å². The molecule has 2 bridgehead atoms. The lowest BCUT2D eigenvalue weighted by molar-refractivity contribution is -0.00875. The topological polar surface area (TPSA) is 137 Å². The third kappa shape index (κ3) is 5.58. The number of aliphatic hydroxyl groups is 1. The summed E-state index contributed by atoms with van der Waals surface area (Å²) in [5.74, 6) is 3.76. The zero-order valence-corrected chi connectivity index (χ0v) is 24.7. The Morgan fingerprint density at radius 1 is 0.953 bits per heavy atom. The molecule has 5 aromatic rings. The van der Waals surface area contributed by atoms with Gasteiger partial charge in [-0.15, -0.1) is 0 Å². The Bertz CT molecular complexity index is 1720. The van der Waals surface area contributed by atoms with Gasteiger partial charge in [0, 0.05) is 79.4 Å². The van der Waals surface area contributed by atoms with Crippen molar-refractivity contribution in [3.63, 3.8) is 0 Å². The summed E-state index contributed by atoms with van der Waals surface area (Å²) in [5.41, 5.74) is 3.53. The lowest BCUT2D eigenvalue weighted by Gasteiger charge is -2.56.